The number of nitrogens with one attached hydrogen (secondary N) is 2. The smallest absolute Gasteiger partial charge is 0.315 e. The molecule has 0 saturated heterocycles. The van der Waals surface area contributed by atoms with Crippen molar-refractivity contribution in [1.29, 1.82) is 0 Å². The standard InChI is InChI=1S/C11H22N2O5S/c1-11(2,6-5-9(14)15)13-10(16)12-7-4-8-19(3,17)18/h4-8H2,1-3H3,(H,14,15)(H2,12,13,16). The van der Waals surface area contributed by atoms with Gasteiger partial charge in [-0.2, -0.15) is 0 Å². The van der Waals surface area contributed by atoms with Crippen LogP contribution >= 0.6 is 0 Å². The van der Waals surface area contributed by atoms with Gasteiger partial charge in [0, 0.05) is 24.8 Å². The summed E-state index contributed by atoms with van der Waals surface area (Å²) in [5.74, 6) is -0.890. The Morgan fingerprint density at radius 2 is 1.84 bits per heavy atom. The van der Waals surface area contributed by atoms with E-state index in [0.29, 0.717) is 12.8 Å². The van der Waals surface area contributed by atoms with Gasteiger partial charge >= 0.3 is 12.0 Å². The van der Waals surface area contributed by atoms with E-state index >= 15 is 0 Å². The van der Waals surface area contributed by atoms with Crippen LogP contribution in [0.1, 0.15) is 33.1 Å². The number of carbonyl (C=O) groups excluding carboxylic acids is 1. The molecule has 0 radical (unpaired) electrons. The number of aliphatic carboxylic acids is 1. The highest BCUT2D eigenvalue weighted by atomic mass is 32.2. The molecule has 0 saturated carbocycles. The maximum absolute atomic E-state index is 11.5. The Kier molecular flexibility index (Phi) is 6.82. The molecule has 3 N–H and O–H groups in total. The number of hydrogen-bond donors (Lipinski definition) is 3. The second kappa shape index (κ2) is 7.32. The molecular weight excluding hydrogens is 272 g/mol. The minimum absolute atomic E-state index is 0.0235. The van der Waals surface area contributed by atoms with E-state index in [1.807, 2.05) is 0 Å². The van der Waals surface area contributed by atoms with Crippen molar-refractivity contribution in [3.05, 3.63) is 0 Å². The number of hydrogen-bond acceptors (Lipinski definition) is 4. The summed E-state index contributed by atoms with van der Waals surface area (Å²) >= 11 is 0. The zero-order valence-electron chi connectivity index (χ0n) is 11.5. The lowest BCUT2D eigenvalue weighted by Crippen LogP contribution is -2.48. The van der Waals surface area contributed by atoms with Crippen LogP contribution in [0, 0.1) is 0 Å². The maximum Gasteiger partial charge on any atom is 0.315 e. The van der Waals surface area contributed by atoms with E-state index in [-0.39, 0.29) is 18.7 Å². The van der Waals surface area contributed by atoms with Crippen molar-refractivity contribution in [2.75, 3.05) is 18.6 Å². The normalized spacial score (nSPS) is 11.9. The van der Waals surface area contributed by atoms with Crippen LogP contribution in [0.15, 0.2) is 0 Å². The van der Waals surface area contributed by atoms with Crippen molar-refractivity contribution < 1.29 is 23.1 Å². The third-order valence-electron chi connectivity index (χ3n) is 2.39. The molecule has 0 bridgehead atoms. The van der Waals surface area contributed by atoms with E-state index in [9.17, 15) is 18.0 Å². The molecule has 19 heavy (non-hydrogen) atoms. The van der Waals surface area contributed by atoms with E-state index in [2.05, 4.69) is 10.6 Å². The zero-order chi connectivity index (χ0) is 15.1. The first-order valence-corrected chi connectivity index (χ1v) is 8.03. The second-order valence-electron chi connectivity index (χ2n) is 5.14. The second-order valence-corrected chi connectivity index (χ2v) is 7.40. The molecule has 112 valence electrons. The monoisotopic (exact) mass is 294 g/mol. The van der Waals surface area contributed by atoms with Crippen molar-refractivity contribution in [2.24, 2.45) is 0 Å². The summed E-state index contributed by atoms with van der Waals surface area (Å²) in [6, 6.07) is -0.427. The molecule has 0 spiro atoms. The highest BCUT2D eigenvalue weighted by Gasteiger charge is 2.21. The molecule has 0 fully saturated rings. The highest BCUT2D eigenvalue weighted by molar-refractivity contribution is 7.90. The molecule has 0 atom stereocenters. The SMILES string of the molecule is CC(C)(CCC(=O)O)NC(=O)NCCCS(C)(=O)=O. The average molecular weight is 294 g/mol. The minimum Gasteiger partial charge on any atom is -0.481 e. The number of rotatable bonds is 8. The van der Waals surface area contributed by atoms with Gasteiger partial charge in [0.2, 0.25) is 0 Å². The van der Waals surface area contributed by atoms with Crippen molar-refractivity contribution in [1.82, 2.24) is 10.6 Å². The van der Waals surface area contributed by atoms with Gasteiger partial charge < -0.3 is 15.7 Å². The summed E-state index contributed by atoms with van der Waals surface area (Å²) in [5.41, 5.74) is -0.626. The molecular formula is C11H22N2O5S. The fraction of sp³-hybridized carbons (Fsp3) is 0.818. The minimum atomic E-state index is -3.01. The Hall–Kier alpha value is -1.31. The Morgan fingerprint density at radius 3 is 2.32 bits per heavy atom. The lowest BCUT2D eigenvalue weighted by molar-refractivity contribution is -0.137. The number of amides is 2. The Morgan fingerprint density at radius 1 is 1.26 bits per heavy atom. The summed E-state index contributed by atoms with van der Waals surface area (Å²) < 4.78 is 21.7. The molecule has 0 rings (SSSR count). The van der Waals surface area contributed by atoms with Crippen molar-refractivity contribution in [3.63, 3.8) is 0 Å². The van der Waals surface area contributed by atoms with Gasteiger partial charge in [0.05, 0.1) is 5.75 Å². The first kappa shape index (κ1) is 17.7. The van der Waals surface area contributed by atoms with Gasteiger partial charge in [0.15, 0.2) is 0 Å². The summed E-state index contributed by atoms with van der Waals surface area (Å²) in [6.45, 7) is 3.71. The van der Waals surface area contributed by atoms with Crippen LogP contribution in [0.5, 0.6) is 0 Å². The summed E-state index contributed by atoms with van der Waals surface area (Å²) in [4.78, 5) is 22.0. The van der Waals surface area contributed by atoms with Gasteiger partial charge in [0.25, 0.3) is 0 Å². The van der Waals surface area contributed by atoms with Crippen LogP contribution in [0.2, 0.25) is 0 Å². The van der Waals surface area contributed by atoms with Crippen LogP contribution in [-0.4, -0.2) is 49.6 Å². The number of urea groups is 1. The van der Waals surface area contributed by atoms with E-state index < -0.39 is 27.4 Å². The van der Waals surface area contributed by atoms with Gasteiger partial charge in [-0.1, -0.05) is 0 Å². The van der Waals surface area contributed by atoms with Crippen LogP contribution in [0.25, 0.3) is 0 Å². The van der Waals surface area contributed by atoms with Gasteiger partial charge in [0.1, 0.15) is 9.84 Å². The van der Waals surface area contributed by atoms with Gasteiger partial charge in [-0.05, 0) is 26.7 Å². The number of carboxylic acids is 1. The largest absolute Gasteiger partial charge is 0.481 e. The quantitative estimate of drug-likeness (QED) is 0.560. The molecule has 0 aromatic carbocycles. The summed E-state index contributed by atoms with van der Waals surface area (Å²) in [7, 11) is -3.01. The molecule has 0 aliphatic carbocycles. The lowest BCUT2D eigenvalue weighted by atomic mass is 9.99. The average Bonchev–Trinajstić information content (AvgIpc) is 2.20. The number of sulfone groups is 1. The third kappa shape index (κ3) is 11.5. The number of carboxylic acid groups (broad SMARTS) is 1. The van der Waals surface area contributed by atoms with E-state index in [0.717, 1.165) is 6.26 Å². The van der Waals surface area contributed by atoms with Gasteiger partial charge in [-0.3, -0.25) is 4.79 Å². The predicted octanol–water partition coefficient (Wildman–Crippen LogP) is 0.364. The van der Waals surface area contributed by atoms with Crippen LogP contribution in [-0.2, 0) is 14.6 Å². The molecule has 0 aromatic heterocycles. The Bertz CT molecular complexity index is 417. The van der Waals surface area contributed by atoms with Gasteiger partial charge in [-0.25, -0.2) is 13.2 Å². The van der Waals surface area contributed by atoms with Gasteiger partial charge in [-0.15, -0.1) is 0 Å². The van der Waals surface area contributed by atoms with E-state index in [1.54, 1.807) is 13.8 Å². The first-order chi connectivity index (χ1) is 8.52. The highest BCUT2D eigenvalue weighted by Crippen LogP contribution is 2.10. The molecule has 0 aliphatic heterocycles. The molecule has 8 heteroatoms. The van der Waals surface area contributed by atoms with Crippen LogP contribution in [0.3, 0.4) is 0 Å². The Balaban J connectivity index is 3.93. The molecule has 7 nitrogen and oxygen atoms in total. The molecule has 0 aromatic rings. The summed E-state index contributed by atoms with van der Waals surface area (Å²) in [6.07, 6.45) is 1.78. The summed E-state index contributed by atoms with van der Waals surface area (Å²) in [5, 5.41) is 13.8. The first-order valence-electron chi connectivity index (χ1n) is 5.97. The van der Waals surface area contributed by atoms with E-state index in [4.69, 9.17) is 5.11 Å². The van der Waals surface area contributed by atoms with Crippen molar-refractivity contribution in [3.8, 4) is 0 Å². The van der Waals surface area contributed by atoms with Crippen molar-refractivity contribution in [2.45, 2.75) is 38.6 Å². The lowest BCUT2D eigenvalue weighted by Gasteiger charge is -2.25. The molecule has 0 aliphatic rings. The third-order valence-corrected chi connectivity index (χ3v) is 3.42. The van der Waals surface area contributed by atoms with Crippen LogP contribution in [0.4, 0.5) is 4.79 Å². The Labute approximate surface area is 113 Å². The molecule has 0 unspecified atom stereocenters. The van der Waals surface area contributed by atoms with Crippen LogP contribution < -0.4 is 10.6 Å². The fourth-order valence-electron chi connectivity index (χ4n) is 1.37. The van der Waals surface area contributed by atoms with Crippen molar-refractivity contribution >= 4 is 21.8 Å². The molecule has 2 amide bonds. The number of carbonyl (C=O) groups is 2. The van der Waals surface area contributed by atoms with E-state index in [1.165, 1.54) is 0 Å². The maximum atomic E-state index is 11.5. The topological polar surface area (TPSA) is 113 Å². The fourth-order valence-corrected chi connectivity index (χ4v) is 2.04. The zero-order valence-corrected chi connectivity index (χ0v) is 12.3. The predicted molar refractivity (Wildman–Crippen MR) is 71.8 cm³/mol. The molecule has 0 heterocycles.